The molecule has 6 rings (SSSR count). The Morgan fingerprint density at radius 3 is 2.52 bits per heavy atom. The van der Waals surface area contributed by atoms with Crippen LogP contribution in [0.1, 0.15) is 28.4 Å². The monoisotopic (exact) mass is 437 g/mol. The van der Waals surface area contributed by atoms with E-state index in [1.54, 1.807) is 25.3 Å². The zero-order chi connectivity index (χ0) is 22.9. The van der Waals surface area contributed by atoms with Crippen LogP contribution < -0.4 is 4.90 Å². The van der Waals surface area contributed by atoms with Gasteiger partial charge in [-0.3, -0.25) is 24.3 Å². The molecule has 164 valence electrons. The summed E-state index contributed by atoms with van der Waals surface area (Å²) in [4.78, 5) is 48.7. The third-order valence-corrected chi connectivity index (χ3v) is 7.25. The molecular formula is C27H23N3O3. The number of likely N-dealkylation sites (tertiary alicyclic amines) is 1. The molecular weight excluding hydrogens is 414 g/mol. The summed E-state index contributed by atoms with van der Waals surface area (Å²) in [6, 6.07) is 14.2. The van der Waals surface area contributed by atoms with Crippen LogP contribution in [0.5, 0.6) is 0 Å². The molecule has 4 heterocycles. The van der Waals surface area contributed by atoms with Gasteiger partial charge in [0.2, 0.25) is 11.8 Å². The molecule has 2 fully saturated rings. The van der Waals surface area contributed by atoms with E-state index in [9.17, 15) is 14.4 Å². The van der Waals surface area contributed by atoms with Gasteiger partial charge in [-0.15, -0.1) is 0 Å². The van der Waals surface area contributed by atoms with Crippen molar-refractivity contribution >= 4 is 40.3 Å². The lowest BCUT2D eigenvalue weighted by Gasteiger charge is -2.37. The van der Waals surface area contributed by atoms with Crippen LogP contribution in [0.3, 0.4) is 0 Å². The molecule has 33 heavy (non-hydrogen) atoms. The number of anilines is 1. The van der Waals surface area contributed by atoms with E-state index in [4.69, 9.17) is 0 Å². The van der Waals surface area contributed by atoms with Gasteiger partial charge in [-0.25, -0.2) is 0 Å². The highest BCUT2D eigenvalue weighted by Crippen LogP contribution is 2.50. The SMILES string of the molecule is CCN1C(=O)C2C(C1=O)C(C(=O)c1ccc(C)cc1)N1c3c(ccc4cccnc34)C=CC21. The summed E-state index contributed by atoms with van der Waals surface area (Å²) in [5, 5.41) is 0.955. The number of fused-ring (bicyclic) bond motifs is 7. The lowest BCUT2D eigenvalue weighted by molar-refractivity contribution is -0.140. The fraction of sp³-hybridized carbons (Fsp3) is 0.259. The highest BCUT2D eigenvalue weighted by molar-refractivity contribution is 6.15. The van der Waals surface area contributed by atoms with E-state index in [0.717, 1.165) is 27.7 Å². The summed E-state index contributed by atoms with van der Waals surface area (Å²) in [6.07, 6.45) is 5.70. The molecule has 3 aromatic rings. The van der Waals surface area contributed by atoms with Crippen molar-refractivity contribution in [2.45, 2.75) is 25.9 Å². The minimum Gasteiger partial charge on any atom is -0.351 e. The molecule has 3 aliphatic heterocycles. The summed E-state index contributed by atoms with van der Waals surface area (Å²) in [7, 11) is 0. The Labute approximate surface area is 191 Å². The predicted octanol–water partition coefficient (Wildman–Crippen LogP) is 3.63. The van der Waals surface area contributed by atoms with Gasteiger partial charge in [-0.05, 0) is 25.5 Å². The smallest absolute Gasteiger partial charge is 0.235 e. The molecule has 2 saturated heterocycles. The maximum absolute atomic E-state index is 14.0. The Morgan fingerprint density at radius 2 is 1.76 bits per heavy atom. The topological polar surface area (TPSA) is 70.6 Å². The van der Waals surface area contributed by atoms with Gasteiger partial charge in [0.1, 0.15) is 6.04 Å². The van der Waals surface area contributed by atoms with E-state index in [1.165, 1.54) is 4.90 Å². The molecule has 2 amide bonds. The van der Waals surface area contributed by atoms with Crippen LogP contribution in [0.25, 0.3) is 17.0 Å². The summed E-state index contributed by atoms with van der Waals surface area (Å²) in [5.74, 6) is -1.88. The van der Waals surface area contributed by atoms with Gasteiger partial charge in [0.25, 0.3) is 0 Å². The number of hydrogen-bond acceptors (Lipinski definition) is 5. The number of rotatable bonds is 3. The molecule has 0 N–H and O–H groups in total. The second-order valence-corrected chi connectivity index (χ2v) is 8.98. The molecule has 2 aromatic carbocycles. The predicted molar refractivity (Wildman–Crippen MR) is 126 cm³/mol. The summed E-state index contributed by atoms with van der Waals surface area (Å²) in [5.41, 5.74) is 4.14. The summed E-state index contributed by atoms with van der Waals surface area (Å²) < 4.78 is 0. The Kier molecular flexibility index (Phi) is 4.27. The van der Waals surface area contributed by atoms with Crippen LogP contribution in [0.2, 0.25) is 0 Å². The maximum Gasteiger partial charge on any atom is 0.235 e. The van der Waals surface area contributed by atoms with Crippen LogP contribution in [-0.4, -0.2) is 46.1 Å². The largest absolute Gasteiger partial charge is 0.351 e. The van der Waals surface area contributed by atoms with Crippen molar-refractivity contribution in [3.8, 4) is 0 Å². The van der Waals surface area contributed by atoms with E-state index in [-0.39, 0.29) is 23.6 Å². The average molecular weight is 437 g/mol. The lowest BCUT2D eigenvalue weighted by Crippen LogP contribution is -2.48. The Balaban J connectivity index is 1.58. The van der Waals surface area contributed by atoms with E-state index >= 15 is 0 Å². The number of hydrogen-bond donors (Lipinski definition) is 0. The number of carbonyl (C=O) groups excluding carboxylic acids is 3. The number of pyridine rings is 1. The number of imide groups is 1. The van der Waals surface area contributed by atoms with Crippen LogP contribution in [0.15, 0.2) is 60.8 Å². The molecule has 0 spiro atoms. The number of ketones is 1. The number of benzene rings is 2. The second-order valence-electron chi connectivity index (χ2n) is 8.98. The number of Topliss-reactive ketones (excluding diaryl/α,β-unsaturated/α-hetero) is 1. The standard InChI is InChI=1S/C27H23N3O3/c1-3-29-26(32)20-19-13-12-17-11-10-16-5-4-14-28-22(16)23(17)30(19)24(21(20)27(29)33)25(31)18-8-6-15(2)7-9-18/h4-14,19-21,24H,3H2,1-2H3. The van der Waals surface area contributed by atoms with E-state index in [1.807, 2.05) is 60.4 Å². The van der Waals surface area contributed by atoms with Crippen LogP contribution >= 0.6 is 0 Å². The van der Waals surface area contributed by atoms with Gasteiger partial charge in [0.15, 0.2) is 5.78 Å². The van der Waals surface area contributed by atoms with Crippen LogP contribution in [0.4, 0.5) is 5.69 Å². The van der Waals surface area contributed by atoms with E-state index in [0.29, 0.717) is 12.1 Å². The van der Waals surface area contributed by atoms with Gasteiger partial charge < -0.3 is 4.90 Å². The summed E-state index contributed by atoms with van der Waals surface area (Å²) >= 11 is 0. The van der Waals surface area contributed by atoms with Crippen molar-refractivity contribution in [1.82, 2.24) is 9.88 Å². The zero-order valence-electron chi connectivity index (χ0n) is 18.4. The second kappa shape index (κ2) is 7.10. The van der Waals surface area contributed by atoms with Crippen molar-refractivity contribution < 1.29 is 14.4 Å². The molecule has 6 nitrogen and oxygen atoms in total. The fourth-order valence-electron chi connectivity index (χ4n) is 5.74. The lowest BCUT2D eigenvalue weighted by atomic mass is 9.86. The van der Waals surface area contributed by atoms with Crippen LogP contribution in [0, 0.1) is 18.8 Å². The van der Waals surface area contributed by atoms with Crippen molar-refractivity contribution in [2.75, 3.05) is 11.4 Å². The van der Waals surface area contributed by atoms with Gasteiger partial charge in [0, 0.05) is 23.7 Å². The molecule has 0 bridgehead atoms. The number of nitrogens with zero attached hydrogens (tertiary/aromatic N) is 3. The zero-order valence-corrected chi connectivity index (χ0v) is 18.4. The highest BCUT2D eigenvalue weighted by atomic mass is 16.2. The Bertz CT molecular complexity index is 1360. The maximum atomic E-state index is 14.0. The van der Waals surface area contributed by atoms with Crippen molar-refractivity contribution in [2.24, 2.45) is 11.8 Å². The third-order valence-electron chi connectivity index (χ3n) is 7.25. The van der Waals surface area contributed by atoms with Crippen molar-refractivity contribution in [3.05, 3.63) is 77.5 Å². The van der Waals surface area contributed by atoms with Gasteiger partial charge >= 0.3 is 0 Å². The van der Waals surface area contributed by atoms with Gasteiger partial charge in [-0.2, -0.15) is 0 Å². The third kappa shape index (κ3) is 2.67. The first-order valence-corrected chi connectivity index (χ1v) is 11.3. The molecule has 6 heteroatoms. The number of aryl methyl sites for hydroxylation is 1. The number of aromatic nitrogens is 1. The normalized spacial score (nSPS) is 25.4. The Hall–Kier alpha value is -3.80. The average Bonchev–Trinajstić information content (AvgIpc) is 3.31. The minimum absolute atomic E-state index is 0.138. The highest BCUT2D eigenvalue weighted by Gasteiger charge is 2.63. The molecule has 0 saturated carbocycles. The van der Waals surface area contributed by atoms with E-state index < -0.39 is 17.9 Å². The number of amides is 2. The van der Waals surface area contributed by atoms with Gasteiger partial charge in [-0.1, -0.05) is 60.2 Å². The van der Waals surface area contributed by atoms with Crippen LogP contribution in [-0.2, 0) is 9.59 Å². The van der Waals surface area contributed by atoms with Gasteiger partial charge in [0.05, 0.1) is 29.1 Å². The minimum atomic E-state index is -0.771. The molecule has 1 aromatic heterocycles. The first kappa shape index (κ1) is 19.9. The fourth-order valence-corrected chi connectivity index (χ4v) is 5.74. The molecule has 3 aliphatic rings. The first-order valence-electron chi connectivity index (χ1n) is 11.3. The first-order chi connectivity index (χ1) is 16.0. The molecule has 0 aliphatic carbocycles. The van der Waals surface area contributed by atoms with E-state index in [2.05, 4.69) is 4.98 Å². The molecule has 0 radical (unpaired) electrons. The Morgan fingerprint density at radius 1 is 1.00 bits per heavy atom. The van der Waals surface area contributed by atoms with Crippen molar-refractivity contribution in [3.63, 3.8) is 0 Å². The molecule has 4 atom stereocenters. The summed E-state index contributed by atoms with van der Waals surface area (Å²) in [6.45, 7) is 4.08. The molecule has 4 unspecified atom stereocenters. The quantitative estimate of drug-likeness (QED) is 0.462. The number of carbonyl (C=O) groups is 3. The van der Waals surface area contributed by atoms with Crippen molar-refractivity contribution in [1.29, 1.82) is 0 Å².